The molecular weight excluding hydrogens is 352 g/mol. The van der Waals surface area contributed by atoms with Crippen LogP contribution in [0.25, 0.3) is 51.2 Å². The van der Waals surface area contributed by atoms with E-state index in [1.54, 1.807) is 0 Å². The van der Waals surface area contributed by atoms with E-state index >= 15 is 0 Å². The summed E-state index contributed by atoms with van der Waals surface area (Å²) in [5.41, 5.74) is 8.19. The number of para-hydroxylation sites is 1. The number of benzene rings is 2. The van der Waals surface area contributed by atoms with Gasteiger partial charge in [-0.15, -0.1) is 0 Å². The number of hydrogen-bond acceptors (Lipinski definition) is 0. The Balaban J connectivity index is 1.67. The van der Waals surface area contributed by atoms with Gasteiger partial charge in [-0.25, -0.2) is 0 Å². The summed E-state index contributed by atoms with van der Waals surface area (Å²) in [6, 6.07) is 13.8. The molecule has 0 saturated heterocycles. The molecule has 0 aliphatic heterocycles. The lowest BCUT2D eigenvalue weighted by atomic mass is 9.92. The summed E-state index contributed by atoms with van der Waals surface area (Å²) in [7, 11) is 4.43. The fraction of sp³-hybridized carbons (Fsp3) is 0.259. The van der Waals surface area contributed by atoms with Crippen LogP contribution in [0.1, 0.15) is 43.4 Å². The fourth-order valence-electron chi connectivity index (χ4n) is 5.64. The van der Waals surface area contributed by atoms with Crippen LogP contribution in [0.5, 0.6) is 0 Å². The van der Waals surface area contributed by atoms with Gasteiger partial charge in [-0.2, -0.15) is 0 Å². The second-order valence-electron chi connectivity index (χ2n) is 8.67. The molecule has 6 rings (SSSR count). The van der Waals surface area contributed by atoms with Gasteiger partial charge in [-0.3, -0.25) is 0 Å². The summed E-state index contributed by atoms with van der Waals surface area (Å²) in [6.45, 7) is 2.34. The van der Waals surface area contributed by atoms with Gasteiger partial charge in [0.05, 0.1) is 5.52 Å². The highest BCUT2D eigenvalue weighted by molar-refractivity contribution is 6.00. The third kappa shape index (κ3) is 2.23. The molecule has 2 heterocycles. The van der Waals surface area contributed by atoms with Crippen molar-refractivity contribution < 1.29 is 0 Å². The van der Waals surface area contributed by atoms with Crippen LogP contribution in [0.4, 0.5) is 0 Å². The highest BCUT2D eigenvalue weighted by Crippen LogP contribution is 2.38. The van der Waals surface area contributed by atoms with Crippen LogP contribution < -0.4 is 10.6 Å². The monoisotopic (exact) mass is 378 g/mol. The summed E-state index contributed by atoms with van der Waals surface area (Å²) < 4.78 is 4.79. The van der Waals surface area contributed by atoms with E-state index in [1.165, 1.54) is 54.8 Å². The number of nitrogens with zero attached hydrogens (tertiary/aromatic N) is 2. The fourth-order valence-corrected chi connectivity index (χ4v) is 5.64. The zero-order valence-electron chi connectivity index (χ0n) is 17.4. The van der Waals surface area contributed by atoms with Crippen molar-refractivity contribution in [2.24, 2.45) is 14.1 Å². The van der Waals surface area contributed by atoms with Gasteiger partial charge in [0, 0.05) is 63.7 Å². The highest BCUT2D eigenvalue weighted by atomic mass is 15.0. The first-order valence-electron chi connectivity index (χ1n) is 10.7. The van der Waals surface area contributed by atoms with Crippen molar-refractivity contribution in [1.82, 2.24) is 9.13 Å². The Kier molecular flexibility index (Phi) is 3.50. The van der Waals surface area contributed by atoms with E-state index in [4.69, 9.17) is 0 Å². The van der Waals surface area contributed by atoms with Gasteiger partial charge in [-0.05, 0) is 37.0 Å². The van der Waals surface area contributed by atoms with Crippen molar-refractivity contribution in [2.45, 2.75) is 32.1 Å². The molecule has 2 aromatic heterocycles. The lowest BCUT2D eigenvalue weighted by Crippen LogP contribution is -2.29. The summed E-state index contributed by atoms with van der Waals surface area (Å²) in [5.74, 6) is 0.574. The molecule has 2 aliphatic carbocycles. The zero-order valence-corrected chi connectivity index (χ0v) is 17.4. The summed E-state index contributed by atoms with van der Waals surface area (Å²) in [5, 5.41) is 5.52. The molecule has 2 aliphatic rings. The Morgan fingerprint density at radius 2 is 1.79 bits per heavy atom. The largest absolute Gasteiger partial charge is 0.347 e. The molecule has 0 N–H and O–H groups in total. The Bertz CT molecular complexity index is 1460. The molecule has 144 valence electrons. The molecule has 0 amide bonds. The number of hydrogen-bond donors (Lipinski definition) is 0. The standard InChI is InChI=1S/C27H26N2/c1-17-8-6-11-22-23-16-18(14-15-25(23)28(2)26(17)22)19-10-7-12-21-20-9-4-5-13-24(20)29(3)27(19)21/h6-7,9-17H,4-5,8H2,1-3H3. The molecule has 4 aromatic rings. The first-order chi connectivity index (χ1) is 14.1. The van der Waals surface area contributed by atoms with Gasteiger partial charge >= 0.3 is 0 Å². The molecule has 2 heteroatoms. The Morgan fingerprint density at radius 1 is 0.931 bits per heavy atom. The molecule has 2 nitrogen and oxygen atoms in total. The van der Waals surface area contributed by atoms with Gasteiger partial charge in [0.25, 0.3) is 0 Å². The quantitative estimate of drug-likeness (QED) is 0.430. The van der Waals surface area contributed by atoms with Gasteiger partial charge < -0.3 is 9.13 Å². The van der Waals surface area contributed by atoms with Crippen molar-refractivity contribution >= 4 is 40.0 Å². The van der Waals surface area contributed by atoms with E-state index < -0.39 is 0 Å². The molecule has 1 atom stereocenters. The van der Waals surface area contributed by atoms with E-state index in [0.29, 0.717) is 5.92 Å². The minimum absolute atomic E-state index is 0.574. The van der Waals surface area contributed by atoms with Crippen LogP contribution in [0, 0.1) is 0 Å². The molecule has 0 fully saturated rings. The Labute approximate surface area is 171 Å². The second kappa shape index (κ2) is 6.00. The van der Waals surface area contributed by atoms with E-state index in [2.05, 4.69) is 90.9 Å². The third-order valence-electron chi connectivity index (χ3n) is 6.99. The van der Waals surface area contributed by atoms with Crippen LogP contribution in [0.2, 0.25) is 0 Å². The first kappa shape index (κ1) is 16.9. The average molecular weight is 379 g/mol. The smallest absolute Gasteiger partial charge is 0.0568 e. The van der Waals surface area contributed by atoms with Gasteiger partial charge in [-0.1, -0.05) is 55.5 Å². The average Bonchev–Trinajstić information content (AvgIpc) is 3.21. The molecule has 0 bridgehead atoms. The molecular formula is C27H26N2. The van der Waals surface area contributed by atoms with Crippen LogP contribution in [-0.4, -0.2) is 9.13 Å². The van der Waals surface area contributed by atoms with Crippen molar-refractivity contribution in [3.63, 3.8) is 0 Å². The SMILES string of the molecule is CC1CC=Cc2c1n(C)c1ccc(-c3cccc4c5c(n(C)c34)=CCCC=5)cc21. The van der Waals surface area contributed by atoms with E-state index in [9.17, 15) is 0 Å². The summed E-state index contributed by atoms with van der Waals surface area (Å²) in [6.07, 6.45) is 12.9. The lowest BCUT2D eigenvalue weighted by Gasteiger charge is -2.16. The predicted octanol–water partition coefficient (Wildman–Crippen LogP) is 5.21. The number of allylic oxidation sites excluding steroid dienone is 1. The molecule has 0 radical (unpaired) electrons. The molecule has 29 heavy (non-hydrogen) atoms. The number of fused-ring (bicyclic) bond motifs is 6. The van der Waals surface area contributed by atoms with Crippen LogP contribution in [-0.2, 0) is 14.1 Å². The molecule has 0 spiro atoms. The molecule has 0 saturated carbocycles. The van der Waals surface area contributed by atoms with Crippen molar-refractivity contribution in [2.75, 3.05) is 0 Å². The Hall–Kier alpha value is -3.00. The summed E-state index contributed by atoms with van der Waals surface area (Å²) >= 11 is 0. The number of aromatic nitrogens is 2. The topological polar surface area (TPSA) is 9.86 Å². The maximum absolute atomic E-state index is 2.41. The van der Waals surface area contributed by atoms with E-state index in [-0.39, 0.29) is 0 Å². The van der Waals surface area contributed by atoms with Gasteiger partial charge in [0.2, 0.25) is 0 Å². The lowest BCUT2D eigenvalue weighted by molar-refractivity contribution is 0.697. The minimum Gasteiger partial charge on any atom is -0.347 e. The predicted molar refractivity (Wildman–Crippen MR) is 124 cm³/mol. The third-order valence-corrected chi connectivity index (χ3v) is 6.99. The number of aryl methyl sites for hydroxylation is 2. The second-order valence-corrected chi connectivity index (χ2v) is 8.67. The normalized spacial score (nSPS) is 17.8. The minimum atomic E-state index is 0.574. The summed E-state index contributed by atoms with van der Waals surface area (Å²) in [4.78, 5) is 0. The maximum atomic E-state index is 2.41. The zero-order chi connectivity index (χ0) is 19.7. The molecule has 2 aromatic carbocycles. The van der Waals surface area contributed by atoms with Crippen LogP contribution >= 0.6 is 0 Å². The first-order valence-corrected chi connectivity index (χ1v) is 10.7. The van der Waals surface area contributed by atoms with Crippen LogP contribution in [0.3, 0.4) is 0 Å². The van der Waals surface area contributed by atoms with Crippen LogP contribution in [0.15, 0.2) is 42.5 Å². The number of rotatable bonds is 1. The van der Waals surface area contributed by atoms with Crippen molar-refractivity contribution in [3.8, 4) is 11.1 Å². The highest BCUT2D eigenvalue weighted by Gasteiger charge is 2.21. The van der Waals surface area contributed by atoms with Crippen molar-refractivity contribution in [1.29, 1.82) is 0 Å². The maximum Gasteiger partial charge on any atom is 0.0568 e. The van der Waals surface area contributed by atoms with Gasteiger partial charge in [0.1, 0.15) is 0 Å². The van der Waals surface area contributed by atoms with E-state index in [1.807, 2.05) is 0 Å². The van der Waals surface area contributed by atoms with Gasteiger partial charge in [0.15, 0.2) is 0 Å². The Morgan fingerprint density at radius 3 is 2.69 bits per heavy atom. The molecule has 1 unspecified atom stereocenters. The van der Waals surface area contributed by atoms with Crippen molar-refractivity contribution in [3.05, 3.63) is 64.3 Å². The van der Waals surface area contributed by atoms with E-state index in [0.717, 1.165) is 19.3 Å².